The summed E-state index contributed by atoms with van der Waals surface area (Å²) >= 11 is 3.42. The van der Waals surface area contributed by atoms with Crippen LogP contribution in [0.1, 0.15) is 43.2 Å². The van der Waals surface area contributed by atoms with Crippen molar-refractivity contribution in [2.24, 2.45) is 0 Å². The van der Waals surface area contributed by atoms with E-state index in [2.05, 4.69) is 21.2 Å². The van der Waals surface area contributed by atoms with Crippen molar-refractivity contribution in [3.8, 4) is 5.75 Å². The highest BCUT2D eigenvalue weighted by Crippen LogP contribution is 2.21. The van der Waals surface area contributed by atoms with E-state index in [1.165, 1.54) is 6.42 Å². The number of nitrogens with one attached hydrogen (secondary N) is 1. The molecule has 0 saturated heterocycles. The number of hydrogen-bond donors (Lipinski definition) is 1. The number of hydrogen-bond acceptors (Lipinski definition) is 3. The van der Waals surface area contributed by atoms with E-state index in [4.69, 9.17) is 4.74 Å². The zero-order chi connectivity index (χ0) is 25.2. The van der Waals surface area contributed by atoms with Gasteiger partial charge in [0.15, 0.2) is 6.61 Å². The first-order valence-corrected chi connectivity index (χ1v) is 13.4. The van der Waals surface area contributed by atoms with Crippen LogP contribution < -0.4 is 10.1 Å². The summed E-state index contributed by atoms with van der Waals surface area (Å²) < 4.78 is 6.77. The van der Waals surface area contributed by atoms with E-state index in [0.29, 0.717) is 18.7 Å². The largest absolute Gasteiger partial charge is 0.484 e. The number of amides is 2. The average molecular weight is 550 g/mol. The number of halogens is 1. The van der Waals surface area contributed by atoms with Crippen molar-refractivity contribution in [2.75, 3.05) is 6.61 Å². The second-order valence-electron chi connectivity index (χ2n) is 9.30. The molecule has 0 heterocycles. The van der Waals surface area contributed by atoms with Gasteiger partial charge in [0.05, 0.1) is 0 Å². The van der Waals surface area contributed by atoms with Gasteiger partial charge < -0.3 is 15.0 Å². The second-order valence-corrected chi connectivity index (χ2v) is 10.2. The Morgan fingerprint density at radius 2 is 1.47 bits per heavy atom. The molecule has 5 nitrogen and oxygen atoms in total. The van der Waals surface area contributed by atoms with Gasteiger partial charge in [0.25, 0.3) is 5.91 Å². The van der Waals surface area contributed by atoms with E-state index < -0.39 is 6.04 Å². The Morgan fingerprint density at radius 1 is 0.861 bits per heavy atom. The molecule has 188 valence electrons. The first kappa shape index (κ1) is 26.0. The average Bonchev–Trinajstić information content (AvgIpc) is 2.92. The smallest absolute Gasteiger partial charge is 0.261 e. The van der Waals surface area contributed by atoms with Crippen LogP contribution in [0.25, 0.3) is 0 Å². The minimum Gasteiger partial charge on any atom is -0.484 e. The highest BCUT2D eigenvalue weighted by atomic mass is 79.9. The lowest BCUT2D eigenvalue weighted by molar-refractivity contribution is -0.143. The van der Waals surface area contributed by atoms with Crippen LogP contribution in [0.15, 0.2) is 89.4 Å². The molecule has 3 aromatic carbocycles. The Bertz CT molecular complexity index is 1100. The third kappa shape index (κ3) is 7.69. The molecule has 0 aromatic heterocycles. The summed E-state index contributed by atoms with van der Waals surface area (Å²) in [7, 11) is 0. The highest BCUT2D eigenvalue weighted by Gasteiger charge is 2.32. The summed E-state index contributed by atoms with van der Waals surface area (Å²) in [6.45, 7) is 0.190. The standard InChI is InChI=1S/C30H33BrN2O3/c31-25-16-18-27(19-17-25)36-22-29(34)33(21-24-12-6-2-7-13-24)28(20-23-10-4-1-5-11-23)30(35)32-26-14-8-3-9-15-26/h1-2,4-7,10-13,16-19,26,28H,3,8-9,14-15,20-22H2,(H,32,35). The predicted molar refractivity (Wildman–Crippen MR) is 146 cm³/mol. The van der Waals surface area contributed by atoms with Gasteiger partial charge in [0.2, 0.25) is 5.91 Å². The van der Waals surface area contributed by atoms with Gasteiger partial charge in [-0.3, -0.25) is 9.59 Å². The summed E-state index contributed by atoms with van der Waals surface area (Å²) in [5.74, 6) is 0.289. The second kappa shape index (κ2) is 13.3. The number of carbonyl (C=O) groups excluding carboxylic acids is 2. The normalized spacial score (nSPS) is 14.6. The van der Waals surface area contributed by atoms with E-state index in [1.54, 1.807) is 4.90 Å². The van der Waals surface area contributed by atoms with Crippen LogP contribution in [0.3, 0.4) is 0 Å². The Morgan fingerprint density at radius 3 is 2.11 bits per heavy atom. The van der Waals surface area contributed by atoms with Gasteiger partial charge in [-0.2, -0.15) is 0 Å². The minimum absolute atomic E-state index is 0.0984. The topological polar surface area (TPSA) is 58.6 Å². The molecule has 4 rings (SSSR count). The van der Waals surface area contributed by atoms with Crippen LogP contribution in [0.5, 0.6) is 5.75 Å². The van der Waals surface area contributed by atoms with Crippen molar-refractivity contribution in [3.05, 3.63) is 101 Å². The summed E-state index contributed by atoms with van der Waals surface area (Å²) in [6.07, 6.45) is 5.89. The zero-order valence-electron chi connectivity index (χ0n) is 20.4. The Hall–Kier alpha value is -3.12. The molecular weight excluding hydrogens is 516 g/mol. The molecule has 1 atom stereocenters. The van der Waals surface area contributed by atoms with Crippen molar-refractivity contribution < 1.29 is 14.3 Å². The number of benzene rings is 3. The molecule has 0 bridgehead atoms. The fourth-order valence-corrected chi connectivity index (χ4v) is 4.90. The first-order valence-electron chi connectivity index (χ1n) is 12.6. The Balaban J connectivity index is 1.58. The minimum atomic E-state index is -0.643. The van der Waals surface area contributed by atoms with E-state index >= 15 is 0 Å². The van der Waals surface area contributed by atoms with Crippen LogP contribution in [0.2, 0.25) is 0 Å². The van der Waals surface area contributed by atoms with Crippen molar-refractivity contribution >= 4 is 27.7 Å². The van der Waals surface area contributed by atoms with Gasteiger partial charge in [0.1, 0.15) is 11.8 Å². The Kier molecular flexibility index (Phi) is 9.56. The third-order valence-corrected chi connectivity index (χ3v) is 7.12. The van der Waals surface area contributed by atoms with Crippen LogP contribution in [-0.4, -0.2) is 35.4 Å². The van der Waals surface area contributed by atoms with Crippen molar-refractivity contribution in [2.45, 2.75) is 57.2 Å². The molecule has 3 aromatic rings. The molecule has 1 saturated carbocycles. The summed E-state index contributed by atoms with van der Waals surface area (Å²) in [5, 5.41) is 3.26. The van der Waals surface area contributed by atoms with Crippen LogP contribution >= 0.6 is 15.9 Å². The molecule has 0 radical (unpaired) electrons. The highest BCUT2D eigenvalue weighted by molar-refractivity contribution is 9.10. The zero-order valence-corrected chi connectivity index (χ0v) is 22.0. The van der Waals surface area contributed by atoms with E-state index in [9.17, 15) is 9.59 Å². The predicted octanol–water partition coefficient (Wildman–Crippen LogP) is 5.92. The molecule has 1 N–H and O–H groups in total. The SMILES string of the molecule is O=C(NC1CCCCC1)C(Cc1ccccc1)N(Cc1ccccc1)C(=O)COc1ccc(Br)cc1. The lowest BCUT2D eigenvalue weighted by Gasteiger charge is -2.33. The first-order chi connectivity index (χ1) is 17.6. The van der Waals surface area contributed by atoms with Gasteiger partial charge in [-0.05, 0) is 48.2 Å². The van der Waals surface area contributed by atoms with Crippen LogP contribution in [0.4, 0.5) is 0 Å². The molecule has 1 unspecified atom stereocenters. The molecule has 6 heteroatoms. The number of carbonyl (C=O) groups is 2. The van der Waals surface area contributed by atoms with E-state index in [1.807, 2.05) is 84.9 Å². The monoisotopic (exact) mass is 548 g/mol. The van der Waals surface area contributed by atoms with Crippen LogP contribution in [0, 0.1) is 0 Å². The molecule has 0 spiro atoms. The summed E-state index contributed by atoms with van der Waals surface area (Å²) in [5.41, 5.74) is 1.99. The van der Waals surface area contributed by atoms with Crippen molar-refractivity contribution in [1.82, 2.24) is 10.2 Å². The quantitative estimate of drug-likeness (QED) is 0.342. The summed E-state index contributed by atoms with van der Waals surface area (Å²) in [4.78, 5) is 29.0. The molecule has 1 fully saturated rings. The van der Waals surface area contributed by atoms with Crippen molar-refractivity contribution in [1.29, 1.82) is 0 Å². The Labute approximate surface area is 222 Å². The maximum Gasteiger partial charge on any atom is 0.261 e. The van der Waals surface area contributed by atoms with E-state index in [-0.39, 0.29) is 24.5 Å². The van der Waals surface area contributed by atoms with Gasteiger partial charge in [-0.25, -0.2) is 0 Å². The maximum atomic E-state index is 13.7. The fourth-order valence-electron chi connectivity index (χ4n) is 4.64. The van der Waals surface area contributed by atoms with E-state index in [0.717, 1.165) is 41.3 Å². The molecule has 36 heavy (non-hydrogen) atoms. The maximum absolute atomic E-state index is 13.7. The lowest BCUT2D eigenvalue weighted by Crippen LogP contribution is -2.53. The van der Waals surface area contributed by atoms with Gasteiger partial charge in [0, 0.05) is 23.5 Å². The van der Waals surface area contributed by atoms with Gasteiger partial charge in [-0.15, -0.1) is 0 Å². The number of ether oxygens (including phenoxy) is 1. The number of nitrogens with zero attached hydrogens (tertiary/aromatic N) is 1. The van der Waals surface area contributed by atoms with Crippen molar-refractivity contribution in [3.63, 3.8) is 0 Å². The molecular formula is C30H33BrN2O3. The van der Waals surface area contributed by atoms with Crippen LogP contribution in [-0.2, 0) is 22.6 Å². The molecule has 0 aliphatic heterocycles. The lowest BCUT2D eigenvalue weighted by atomic mass is 9.94. The summed E-state index contributed by atoms with van der Waals surface area (Å²) in [6, 6.07) is 26.6. The molecule has 2 amide bonds. The molecule has 1 aliphatic rings. The number of rotatable bonds is 10. The van der Waals surface area contributed by atoms with Gasteiger partial charge in [-0.1, -0.05) is 95.9 Å². The third-order valence-electron chi connectivity index (χ3n) is 6.59. The molecule has 1 aliphatic carbocycles. The fraction of sp³-hybridized carbons (Fsp3) is 0.333. The van der Waals surface area contributed by atoms with Gasteiger partial charge >= 0.3 is 0 Å².